The second-order valence-electron chi connectivity index (χ2n) is 4.48. The van der Waals surface area contributed by atoms with Gasteiger partial charge in [0.1, 0.15) is 0 Å². The quantitative estimate of drug-likeness (QED) is 0.328. The summed E-state index contributed by atoms with van der Waals surface area (Å²) in [6, 6.07) is 0. The molecule has 0 bridgehead atoms. The lowest BCUT2D eigenvalue weighted by Gasteiger charge is -2.00. The van der Waals surface area contributed by atoms with Crippen LogP contribution in [0.2, 0.25) is 0 Å². The van der Waals surface area contributed by atoms with Crippen LogP contribution < -0.4 is 0 Å². The van der Waals surface area contributed by atoms with Crippen molar-refractivity contribution in [2.45, 2.75) is 58.3 Å². The molecule has 0 fully saturated rings. The van der Waals surface area contributed by atoms with Crippen LogP contribution in [0.15, 0.2) is 12.2 Å². The third-order valence-electron chi connectivity index (χ3n) is 2.74. The van der Waals surface area contributed by atoms with Gasteiger partial charge in [0.05, 0.1) is 13.7 Å². The molecular weight excluding hydrogens is 244 g/mol. The molecule has 0 aromatic carbocycles. The Labute approximate surface area is 116 Å². The Morgan fingerprint density at radius 1 is 0.947 bits per heavy atom. The van der Waals surface area contributed by atoms with Gasteiger partial charge in [-0.15, -0.1) is 0 Å². The van der Waals surface area contributed by atoms with Gasteiger partial charge in [-0.25, -0.2) is 0 Å². The van der Waals surface area contributed by atoms with Gasteiger partial charge in [-0.05, 0) is 25.7 Å². The molecule has 0 aliphatic rings. The number of esters is 2. The summed E-state index contributed by atoms with van der Waals surface area (Å²) in [4.78, 5) is 21.3. The Balaban J connectivity index is 3.16. The summed E-state index contributed by atoms with van der Waals surface area (Å²) < 4.78 is 9.39. The summed E-state index contributed by atoms with van der Waals surface area (Å²) in [6.07, 6.45) is 12.1. The first-order chi connectivity index (χ1) is 9.16. The normalized spacial score (nSPS) is 10.6. The molecule has 0 saturated carbocycles. The van der Waals surface area contributed by atoms with Gasteiger partial charge in [0.15, 0.2) is 0 Å². The van der Waals surface area contributed by atoms with E-state index in [1.807, 2.05) is 0 Å². The highest BCUT2D eigenvalue weighted by Gasteiger charge is 1.98. The van der Waals surface area contributed by atoms with Crippen molar-refractivity contribution >= 4 is 11.9 Å². The Morgan fingerprint density at radius 3 is 2.26 bits per heavy atom. The molecule has 0 heterocycles. The molecule has 0 atom stereocenters. The predicted octanol–water partition coefficient (Wildman–Crippen LogP) is 3.40. The molecule has 19 heavy (non-hydrogen) atoms. The van der Waals surface area contributed by atoms with Gasteiger partial charge in [-0.3, -0.25) is 9.59 Å². The molecule has 0 rings (SSSR count). The summed E-state index contributed by atoms with van der Waals surface area (Å²) in [7, 11) is 1.43. The molecule has 4 nitrogen and oxygen atoms in total. The molecule has 0 unspecified atom stereocenters. The maximum atomic E-state index is 10.9. The van der Waals surface area contributed by atoms with Crippen molar-refractivity contribution in [2.24, 2.45) is 0 Å². The fourth-order valence-corrected chi connectivity index (χ4v) is 1.67. The lowest BCUT2D eigenvalue weighted by Crippen LogP contribution is -1.99. The van der Waals surface area contributed by atoms with Crippen molar-refractivity contribution in [1.82, 2.24) is 0 Å². The van der Waals surface area contributed by atoms with Crippen LogP contribution in [0.4, 0.5) is 0 Å². The van der Waals surface area contributed by atoms with E-state index in [4.69, 9.17) is 4.74 Å². The van der Waals surface area contributed by atoms with Crippen LogP contribution in [0.1, 0.15) is 58.3 Å². The molecule has 0 radical (unpaired) electrons. The summed E-state index contributed by atoms with van der Waals surface area (Å²) in [5.74, 6) is -0.337. The van der Waals surface area contributed by atoms with Gasteiger partial charge in [0.25, 0.3) is 0 Å². The van der Waals surface area contributed by atoms with E-state index in [1.54, 1.807) is 0 Å². The molecule has 0 aromatic heterocycles. The van der Waals surface area contributed by atoms with Gasteiger partial charge in [-0.2, -0.15) is 0 Å². The second-order valence-corrected chi connectivity index (χ2v) is 4.48. The topological polar surface area (TPSA) is 52.6 Å². The minimum Gasteiger partial charge on any atom is -0.469 e. The average Bonchev–Trinajstić information content (AvgIpc) is 2.39. The number of unbranched alkanes of at least 4 members (excludes halogenated alkanes) is 5. The largest absolute Gasteiger partial charge is 0.469 e. The highest BCUT2D eigenvalue weighted by molar-refractivity contribution is 5.68. The lowest BCUT2D eigenvalue weighted by atomic mass is 10.1. The molecule has 0 aliphatic carbocycles. The highest BCUT2D eigenvalue weighted by Crippen LogP contribution is 2.08. The van der Waals surface area contributed by atoms with Gasteiger partial charge in [0, 0.05) is 13.3 Å². The molecule has 0 amide bonds. The van der Waals surface area contributed by atoms with Crippen molar-refractivity contribution in [3.05, 3.63) is 12.2 Å². The summed E-state index contributed by atoms with van der Waals surface area (Å²) in [5, 5.41) is 0. The van der Waals surface area contributed by atoms with Crippen LogP contribution in [0.3, 0.4) is 0 Å². The van der Waals surface area contributed by atoms with E-state index in [0.29, 0.717) is 13.0 Å². The molecule has 0 aliphatic heterocycles. The standard InChI is InChI=1S/C15H26O4/c1-14(16)19-13-11-9-7-5-3-4-6-8-10-12-15(17)18-2/h7,9H,3-6,8,10-13H2,1-2H3. The first-order valence-electron chi connectivity index (χ1n) is 7.02. The van der Waals surface area contributed by atoms with Crippen molar-refractivity contribution in [2.75, 3.05) is 13.7 Å². The van der Waals surface area contributed by atoms with E-state index in [1.165, 1.54) is 26.9 Å². The number of rotatable bonds is 11. The molecule has 0 saturated heterocycles. The van der Waals surface area contributed by atoms with E-state index in [9.17, 15) is 9.59 Å². The van der Waals surface area contributed by atoms with Crippen LogP contribution in [0.25, 0.3) is 0 Å². The number of carbonyl (C=O) groups excluding carboxylic acids is 2. The first kappa shape index (κ1) is 17.7. The van der Waals surface area contributed by atoms with Crippen LogP contribution in [-0.4, -0.2) is 25.7 Å². The van der Waals surface area contributed by atoms with Crippen LogP contribution in [0.5, 0.6) is 0 Å². The molecule has 4 heteroatoms. The van der Waals surface area contributed by atoms with Crippen molar-refractivity contribution < 1.29 is 19.1 Å². The van der Waals surface area contributed by atoms with Gasteiger partial charge in [0.2, 0.25) is 0 Å². The lowest BCUT2D eigenvalue weighted by molar-refractivity contribution is -0.141. The first-order valence-corrected chi connectivity index (χ1v) is 7.02. The monoisotopic (exact) mass is 270 g/mol. The number of allylic oxidation sites excluding steroid dienone is 1. The number of hydrogen-bond acceptors (Lipinski definition) is 4. The fraction of sp³-hybridized carbons (Fsp3) is 0.733. The van der Waals surface area contributed by atoms with Crippen LogP contribution >= 0.6 is 0 Å². The maximum absolute atomic E-state index is 10.9. The smallest absolute Gasteiger partial charge is 0.305 e. The molecule has 0 aromatic rings. The van der Waals surface area contributed by atoms with E-state index in [2.05, 4.69) is 16.9 Å². The third-order valence-corrected chi connectivity index (χ3v) is 2.74. The predicted molar refractivity (Wildman–Crippen MR) is 74.7 cm³/mol. The highest BCUT2D eigenvalue weighted by atomic mass is 16.5. The summed E-state index contributed by atoms with van der Waals surface area (Å²) >= 11 is 0. The molecular formula is C15H26O4. The molecule has 110 valence electrons. The Bertz CT molecular complexity index is 271. The van der Waals surface area contributed by atoms with E-state index in [-0.39, 0.29) is 11.9 Å². The van der Waals surface area contributed by atoms with E-state index >= 15 is 0 Å². The van der Waals surface area contributed by atoms with Crippen molar-refractivity contribution in [1.29, 1.82) is 0 Å². The Kier molecular flexibility index (Phi) is 12.2. The Hall–Kier alpha value is -1.32. The zero-order valence-corrected chi connectivity index (χ0v) is 12.2. The SMILES string of the molecule is COC(=O)CCCCCCCC=CCCOC(C)=O. The third kappa shape index (κ3) is 14.6. The van der Waals surface area contributed by atoms with Gasteiger partial charge in [-0.1, -0.05) is 31.4 Å². The van der Waals surface area contributed by atoms with Gasteiger partial charge < -0.3 is 9.47 Å². The minimum absolute atomic E-state index is 0.115. The fourth-order valence-electron chi connectivity index (χ4n) is 1.67. The van der Waals surface area contributed by atoms with Crippen LogP contribution in [-0.2, 0) is 19.1 Å². The van der Waals surface area contributed by atoms with Crippen LogP contribution in [0, 0.1) is 0 Å². The zero-order valence-electron chi connectivity index (χ0n) is 12.2. The Morgan fingerprint density at radius 2 is 1.58 bits per heavy atom. The van der Waals surface area contributed by atoms with Crippen molar-refractivity contribution in [3.8, 4) is 0 Å². The number of methoxy groups -OCH3 is 1. The van der Waals surface area contributed by atoms with E-state index < -0.39 is 0 Å². The van der Waals surface area contributed by atoms with Crippen molar-refractivity contribution in [3.63, 3.8) is 0 Å². The number of carbonyl (C=O) groups is 2. The summed E-state index contributed by atoms with van der Waals surface area (Å²) in [6.45, 7) is 1.89. The second kappa shape index (κ2) is 13.1. The minimum atomic E-state index is -0.222. The number of ether oxygens (including phenoxy) is 2. The summed E-state index contributed by atoms with van der Waals surface area (Å²) in [5.41, 5.74) is 0. The number of hydrogen-bond donors (Lipinski definition) is 0. The van der Waals surface area contributed by atoms with Gasteiger partial charge >= 0.3 is 11.9 Å². The average molecular weight is 270 g/mol. The maximum Gasteiger partial charge on any atom is 0.305 e. The zero-order chi connectivity index (χ0) is 14.3. The van der Waals surface area contributed by atoms with E-state index in [0.717, 1.165) is 32.1 Å². The molecule has 0 spiro atoms. The molecule has 0 N–H and O–H groups in total.